The molecule has 0 amide bonds. The molecule has 1 saturated heterocycles. The molecule has 1 aromatic carbocycles. The Kier molecular flexibility index (Phi) is 4.73. The van der Waals surface area contributed by atoms with Crippen LogP contribution in [-0.4, -0.2) is 12.6 Å². The van der Waals surface area contributed by atoms with E-state index in [1.165, 1.54) is 49.9 Å². The Labute approximate surface area is 110 Å². The Morgan fingerprint density at radius 1 is 1.18 bits per heavy atom. The van der Waals surface area contributed by atoms with Gasteiger partial charge in [-0.2, -0.15) is 0 Å². The van der Waals surface area contributed by atoms with Crippen LogP contribution < -0.4 is 4.90 Å². The lowest BCUT2D eigenvalue weighted by molar-refractivity contribution is 0.556. The smallest absolute Gasteiger partial charge is 0.0474 e. The van der Waals surface area contributed by atoms with Gasteiger partial charge in [0.05, 0.1) is 0 Å². The van der Waals surface area contributed by atoms with Gasteiger partial charge in [-0.25, -0.2) is 0 Å². The third-order valence-electron chi connectivity index (χ3n) is 3.77. The quantitative estimate of drug-likeness (QED) is 0.711. The number of halogens is 1. The maximum atomic E-state index is 5.83. The molecule has 0 aliphatic carbocycles. The van der Waals surface area contributed by atoms with Gasteiger partial charge in [0.15, 0.2) is 0 Å². The van der Waals surface area contributed by atoms with Gasteiger partial charge >= 0.3 is 0 Å². The number of alkyl halides is 1. The number of benzene rings is 1. The predicted molar refractivity (Wildman–Crippen MR) is 75.9 cm³/mol. The van der Waals surface area contributed by atoms with Gasteiger partial charge in [-0.15, -0.1) is 11.6 Å². The van der Waals surface area contributed by atoms with Gasteiger partial charge in [-0.1, -0.05) is 31.9 Å². The summed E-state index contributed by atoms with van der Waals surface area (Å²) in [6.45, 7) is 3.51. The van der Waals surface area contributed by atoms with Crippen LogP contribution in [0.15, 0.2) is 24.3 Å². The second-order valence-electron chi connectivity index (χ2n) is 4.90. The molecule has 1 aliphatic rings. The van der Waals surface area contributed by atoms with Gasteiger partial charge in [0.2, 0.25) is 0 Å². The molecule has 1 fully saturated rings. The summed E-state index contributed by atoms with van der Waals surface area (Å²) in [5.74, 6) is 0.609. The van der Waals surface area contributed by atoms with Crippen LogP contribution in [0.5, 0.6) is 0 Å². The molecule has 1 heterocycles. The van der Waals surface area contributed by atoms with Crippen LogP contribution in [0.2, 0.25) is 0 Å². The lowest BCUT2D eigenvalue weighted by Crippen LogP contribution is -2.34. The second kappa shape index (κ2) is 6.30. The summed E-state index contributed by atoms with van der Waals surface area (Å²) in [5, 5.41) is 0. The van der Waals surface area contributed by atoms with E-state index in [9.17, 15) is 0 Å². The summed E-state index contributed by atoms with van der Waals surface area (Å²) < 4.78 is 0. The van der Waals surface area contributed by atoms with Gasteiger partial charge in [-0.3, -0.25) is 0 Å². The number of nitrogens with zero attached hydrogens (tertiary/aromatic N) is 1. The van der Waals surface area contributed by atoms with Crippen molar-refractivity contribution in [2.24, 2.45) is 0 Å². The highest BCUT2D eigenvalue weighted by molar-refractivity contribution is 6.17. The number of hydrogen-bond donors (Lipinski definition) is 0. The fraction of sp³-hybridized carbons (Fsp3) is 0.600. The SMILES string of the molecule is CCC1CCCCCN1c1ccc(CCl)cc1. The summed E-state index contributed by atoms with van der Waals surface area (Å²) in [5.41, 5.74) is 2.57. The molecule has 1 aliphatic heterocycles. The fourth-order valence-corrected chi connectivity index (χ4v) is 2.90. The Bertz CT molecular complexity index is 333. The highest BCUT2D eigenvalue weighted by Crippen LogP contribution is 2.26. The van der Waals surface area contributed by atoms with Crippen molar-refractivity contribution in [3.8, 4) is 0 Å². The zero-order valence-corrected chi connectivity index (χ0v) is 11.4. The van der Waals surface area contributed by atoms with Gasteiger partial charge < -0.3 is 4.90 Å². The van der Waals surface area contributed by atoms with Crippen molar-refractivity contribution in [3.63, 3.8) is 0 Å². The molecule has 0 aromatic heterocycles. The molecule has 1 nitrogen and oxygen atoms in total. The summed E-state index contributed by atoms with van der Waals surface area (Å²) in [6, 6.07) is 9.48. The molecule has 1 unspecified atom stereocenters. The van der Waals surface area contributed by atoms with Crippen molar-refractivity contribution in [1.29, 1.82) is 0 Å². The summed E-state index contributed by atoms with van der Waals surface area (Å²) in [4.78, 5) is 2.59. The van der Waals surface area contributed by atoms with E-state index in [1.54, 1.807) is 0 Å². The first-order valence-corrected chi connectivity index (χ1v) is 7.30. The van der Waals surface area contributed by atoms with Crippen molar-refractivity contribution in [2.45, 2.75) is 50.9 Å². The third-order valence-corrected chi connectivity index (χ3v) is 4.08. The molecular formula is C15H22ClN. The van der Waals surface area contributed by atoms with Crippen LogP contribution in [0.4, 0.5) is 5.69 Å². The lowest BCUT2D eigenvalue weighted by atomic mass is 10.1. The molecule has 94 valence electrons. The largest absolute Gasteiger partial charge is 0.369 e. The minimum absolute atomic E-state index is 0.609. The number of hydrogen-bond acceptors (Lipinski definition) is 1. The highest BCUT2D eigenvalue weighted by atomic mass is 35.5. The first-order chi connectivity index (χ1) is 8.35. The van der Waals surface area contributed by atoms with Crippen molar-refractivity contribution in [1.82, 2.24) is 0 Å². The average molecular weight is 252 g/mol. The maximum Gasteiger partial charge on any atom is 0.0474 e. The van der Waals surface area contributed by atoms with E-state index in [2.05, 4.69) is 36.1 Å². The minimum Gasteiger partial charge on any atom is -0.369 e. The predicted octanol–water partition coefficient (Wildman–Crippen LogP) is 4.58. The normalized spacial score (nSPS) is 21.3. The topological polar surface area (TPSA) is 3.24 Å². The zero-order valence-electron chi connectivity index (χ0n) is 10.7. The van der Waals surface area contributed by atoms with Crippen LogP contribution in [0.25, 0.3) is 0 Å². The Hall–Kier alpha value is -0.690. The van der Waals surface area contributed by atoms with Crippen molar-refractivity contribution >= 4 is 17.3 Å². The van der Waals surface area contributed by atoms with Crippen molar-refractivity contribution in [3.05, 3.63) is 29.8 Å². The molecule has 2 heteroatoms. The van der Waals surface area contributed by atoms with Gasteiger partial charge in [0.1, 0.15) is 0 Å². The fourth-order valence-electron chi connectivity index (χ4n) is 2.72. The first kappa shape index (κ1) is 12.8. The summed E-state index contributed by atoms with van der Waals surface area (Å²) >= 11 is 5.83. The van der Waals surface area contributed by atoms with Gasteiger partial charge in [0, 0.05) is 24.2 Å². The van der Waals surface area contributed by atoms with Gasteiger partial charge in [-0.05, 0) is 37.0 Å². The van der Waals surface area contributed by atoms with Crippen LogP contribution in [0, 0.1) is 0 Å². The van der Waals surface area contributed by atoms with Crippen molar-refractivity contribution < 1.29 is 0 Å². The Balaban J connectivity index is 2.16. The van der Waals surface area contributed by atoms with Crippen LogP contribution >= 0.6 is 11.6 Å². The van der Waals surface area contributed by atoms with Crippen molar-refractivity contribution in [2.75, 3.05) is 11.4 Å². The zero-order chi connectivity index (χ0) is 12.1. The maximum absolute atomic E-state index is 5.83. The lowest BCUT2D eigenvalue weighted by Gasteiger charge is -2.31. The molecule has 17 heavy (non-hydrogen) atoms. The monoisotopic (exact) mass is 251 g/mol. The molecule has 2 rings (SSSR count). The molecule has 0 bridgehead atoms. The first-order valence-electron chi connectivity index (χ1n) is 6.76. The molecule has 0 spiro atoms. The molecule has 0 radical (unpaired) electrons. The molecular weight excluding hydrogens is 230 g/mol. The van der Waals surface area contributed by atoms with Crippen LogP contribution in [-0.2, 0) is 5.88 Å². The van der Waals surface area contributed by atoms with E-state index in [-0.39, 0.29) is 0 Å². The van der Waals surface area contributed by atoms with E-state index in [0.29, 0.717) is 5.88 Å². The second-order valence-corrected chi connectivity index (χ2v) is 5.17. The van der Waals surface area contributed by atoms with E-state index >= 15 is 0 Å². The van der Waals surface area contributed by atoms with E-state index in [4.69, 9.17) is 11.6 Å². The number of anilines is 1. The summed E-state index contributed by atoms with van der Waals surface area (Å²) in [7, 11) is 0. The molecule has 0 saturated carbocycles. The van der Waals surface area contributed by atoms with Crippen LogP contribution in [0.1, 0.15) is 44.6 Å². The summed E-state index contributed by atoms with van der Waals surface area (Å²) in [6.07, 6.45) is 6.68. The Morgan fingerprint density at radius 2 is 1.94 bits per heavy atom. The molecule has 1 aromatic rings. The molecule has 1 atom stereocenters. The van der Waals surface area contributed by atoms with Gasteiger partial charge in [0.25, 0.3) is 0 Å². The van der Waals surface area contributed by atoms with E-state index in [0.717, 1.165) is 6.04 Å². The minimum atomic E-state index is 0.609. The highest BCUT2D eigenvalue weighted by Gasteiger charge is 2.19. The Morgan fingerprint density at radius 3 is 2.59 bits per heavy atom. The third kappa shape index (κ3) is 3.16. The number of rotatable bonds is 3. The standard InChI is InChI=1S/C15H22ClN/c1-2-14-6-4-3-5-11-17(14)15-9-7-13(12-16)8-10-15/h7-10,14H,2-6,11-12H2,1H3. The van der Waals surface area contributed by atoms with Crippen LogP contribution in [0.3, 0.4) is 0 Å². The average Bonchev–Trinajstić information content (AvgIpc) is 2.64. The van der Waals surface area contributed by atoms with E-state index < -0.39 is 0 Å². The molecule has 0 N–H and O–H groups in total. The van der Waals surface area contributed by atoms with E-state index in [1.807, 2.05) is 0 Å².